The van der Waals surface area contributed by atoms with Crippen molar-refractivity contribution in [1.82, 2.24) is 0 Å². The zero-order valence-electron chi connectivity index (χ0n) is 6.80. The van der Waals surface area contributed by atoms with Gasteiger partial charge in [0.05, 0.1) is 0 Å². The van der Waals surface area contributed by atoms with E-state index in [1.807, 2.05) is 6.21 Å². The molecule has 0 amide bonds. The molecule has 1 aliphatic heterocycles. The Balaban J connectivity index is 2.40. The van der Waals surface area contributed by atoms with Gasteiger partial charge in [-0.1, -0.05) is 19.9 Å². The summed E-state index contributed by atoms with van der Waals surface area (Å²) in [6.07, 6.45) is 7.72. The molecule has 0 atom stereocenters. The largest absolute Gasteiger partial charge is 0.266 e. The lowest BCUT2D eigenvalue weighted by molar-refractivity contribution is 0.635. The summed E-state index contributed by atoms with van der Waals surface area (Å²) in [5, 5.41) is 0. The number of aliphatic imine (C=N–C) groups is 1. The fraction of sp³-hybridized carbons (Fsp3) is 0.667. The maximum atomic E-state index is 4.31. The van der Waals surface area contributed by atoms with Crippen LogP contribution in [0.5, 0.6) is 0 Å². The molecule has 0 aromatic rings. The van der Waals surface area contributed by atoms with E-state index in [1.54, 1.807) is 0 Å². The molecule has 1 heterocycles. The third-order valence-corrected chi connectivity index (χ3v) is 1.55. The average molecular weight is 137 g/mol. The third-order valence-electron chi connectivity index (χ3n) is 1.55. The second-order valence-electron chi connectivity index (χ2n) is 3.18. The number of rotatable bonds is 2. The van der Waals surface area contributed by atoms with Gasteiger partial charge in [-0.2, -0.15) is 0 Å². The van der Waals surface area contributed by atoms with E-state index in [2.05, 4.69) is 24.9 Å². The van der Waals surface area contributed by atoms with Crippen LogP contribution >= 0.6 is 0 Å². The van der Waals surface area contributed by atoms with Crippen molar-refractivity contribution in [3.63, 3.8) is 0 Å². The van der Waals surface area contributed by atoms with E-state index in [9.17, 15) is 0 Å². The summed E-state index contributed by atoms with van der Waals surface area (Å²) >= 11 is 0. The van der Waals surface area contributed by atoms with Crippen LogP contribution in [0.3, 0.4) is 0 Å². The number of hydrogen-bond acceptors (Lipinski definition) is 1. The van der Waals surface area contributed by atoms with Gasteiger partial charge in [0.25, 0.3) is 0 Å². The van der Waals surface area contributed by atoms with E-state index >= 15 is 0 Å². The van der Waals surface area contributed by atoms with E-state index in [0.29, 0.717) is 0 Å². The van der Waals surface area contributed by atoms with Gasteiger partial charge in [0.2, 0.25) is 0 Å². The Morgan fingerprint density at radius 3 is 2.80 bits per heavy atom. The minimum absolute atomic E-state index is 0.737. The van der Waals surface area contributed by atoms with Crippen LogP contribution in [0, 0.1) is 5.92 Å². The summed E-state index contributed by atoms with van der Waals surface area (Å²) < 4.78 is 0. The second-order valence-corrected chi connectivity index (χ2v) is 3.18. The summed E-state index contributed by atoms with van der Waals surface area (Å²) in [7, 11) is 0. The van der Waals surface area contributed by atoms with Crippen LogP contribution < -0.4 is 0 Å². The molecule has 0 fully saturated rings. The first-order valence-electron chi connectivity index (χ1n) is 4.00. The molecular weight excluding hydrogens is 122 g/mol. The number of hydrogen-bond donors (Lipinski definition) is 0. The molecule has 0 N–H and O–H groups in total. The van der Waals surface area contributed by atoms with Gasteiger partial charge >= 0.3 is 0 Å². The minimum Gasteiger partial charge on any atom is -0.266 e. The lowest BCUT2D eigenvalue weighted by atomic mass is 10.1. The standard InChI is InChI=1S/C9H15N/c1-8(2)7-9-5-3-4-6-10-9/h5-6,8H,3-4,7H2,1-2H3. The number of nitrogens with zero attached hydrogens (tertiary/aromatic N) is 1. The molecule has 10 heavy (non-hydrogen) atoms. The molecule has 0 saturated carbocycles. The van der Waals surface area contributed by atoms with Gasteiger partial charge in [-0.15, -0.1) is 0 Å². The van der Waals surface area contributed by atoms with E-state index in [-0.39, 0.29) is 0 Å². The summed E-state index contributed by atoms with van der Waals surface area (Å²) in [6, 6.07) is 0. The topological polar surface area (TPSA) is 12.4 Å². The molecule has 0 spiro atoms. The first-order valence-corrected chi connectivity index (χ1v) is 4.00. The lowest BCUT2D eigenvalue weighted by Gasteiger charge is -2.07. The normalized spacial score (nSPS) is 17.7. The first-order chi connectivity index (χ1) is 4.79. The second kappa shape index (κ2) is 3.55. The van der Waals surface area contributed by atoms with Crippen LogP contribution in [0.25, 0.3) is 0 Å². The predicted octanol–water partition coefficient (Wildman–Crippen LogP) is 2.78. The Hall–Kier alpha value is -0.590. The van der Waals surface area contributed by atoms with E-state index in [1.165, 1.54) is 12.1 Å². The van der Waals surface area contributed by atoms with Gasteiger partial charge in [0, 0.05) is 11.9 Å². The average Bonchev–Trinajstić information content (AvgIpc) is 1.88. The van der Waals surface area contributed by atoms with Crippen LogP contribution in [0.4, 0.5) is 0 Å². The van der Waals surface area contributed by atoms with Crippen molar-refractivity contribution in [3.05, 3.63) is 11.8 Å². The van der Waals surface area contributed by atoms with Gasteiger partial charge < -0.3 is 0 Å². The van der Waals surface area contributed by atoms with Gasteiger partial charge in [0.1, 0.15) is 0 Å². The molecule has 0 aromatic carbocycles. The van der Waals surface area contributed by atoms with Crippen molar-refractivity contribution in [1.29, 1.82) is 0 Å². The van der Waals surface area contributed by atoms with Crippen LogP contribution in [-0.2, 0) is 0 Å². The first kappa shape index (κ1) is 7.52. The van der Waals surface area contributed by atoms with E-state index < -0.39 is 0 Å². The molecule has 1 nitrogen and oxygen atoms in total. The Bertz CT molecular complexity index is 154. The van der Waals surface area contributed by atoms with Crippen molar-refractivity contribution in [3.8, 4) is 0 Å². The van der Waals surface area contributed by atoms with Gasteiger partial charge in [-0.25, -0.2) is 0 Å². The van der Waals surface area contributed by atoms with Crippen LogP contribution in [0.15, 0.2) is 16.8 Å². The SMILES string of the molecule is CC(C)CC1=CCCC=N1. The maximum absolute atomic E-state index is 4.31. The molecule has 0 aliphatic carbocycles. The summed E-state index contributed by atoms with van der Waals surface area (Å²) in [6.45, 7) is 4.45. The highest BCUT2D eigenvalue weighted by Crippen LogP contribution is 2.15. The predicted molar refractivity (Wildman–Crippen MR) is 45.3 cm³/mol. The Labute approximate surface area is 62.9 Å². The molecule has 0 unspecified atom stereocenters. The van der Waals surface area contributed by atoms with Crippen molar-refractivity contribution in [2.75, 3.05) is 0 Å². The smallest absolute Gasteiger partial charge is 0.0362 e. The lowest BCUT2D eigenvalue weighted by Crippen LogP contribution is -1.93. The van der Waals surface area contributed by atoms with Gasteiger partial charge in [-0.3, -0.25) is 4.99 Å². The molecule has 0 saturated heterocycles. The molecule has 1 aliphatic rings. The molecule has 56 valence electrons. The van der Waals surface area contributed by atoms with Gasteiger partial charge in [-0.05, 0) is 25.2 Å². The van der Waals surface area contributed by atoms with Gasteiger partial charge in [0.15, 0.2) is 0 Å². The van der Waals surface area contributed by atoms with E-state index in [4.69, 9.17) is 0 Å². The minimum atomic E-state index is 0.737. The highest BCUT2D eigenvalue weighted by molar-refractivity contribution is 5.60. The highest BCUT2D eigenvalue weighted by Gasteiger charge is 2.00. The van der Waals surface area contributed by atoms with E-state index in [0.717, 1.165) is 18.8 Å². The highest BCUT2D eigenvalue weighted by atomic mass is 14.7. The zero-order chi connectivity index (χ0) is 7.40. The summed E-state index contributed by atoms with van der Waals surface area (Å²) in [5.74, 6) is 0.737. The fourth-order valence-corrected chi connectivity index (χ4v) is 1.11. The monoisotopic (exact) mass is 137 g/mol. The maximum Gasteiger partial charge on any atom is 0.0362 e. The van der Waals surface area contributed by atoms with Crippen LogP contribution in [-0.4, -0.2) is 6.21 Å². The molecule has 1 heteroatoms. The Kier molecular flexibility index (Phi) is 2.67. The fourth-order valence-electron chi connectivity index (χ4n) is 1.11. The molecular formula is C9H15N. The number of allylic oxidation sites excluding steroid dienone is 2. The van der Waals surface area contributed by atoms with Crippen molar-refractivity contribution in [2.24, 2.45) is 10.9 Å². The quantitative estimate of drug-likeness (QED) is 0.555. The molecule has 0 bridgehead atoms. The zero-order valence-corrected chi connectivity index (χ0v) is 6.80. The molecule has 1 rings (SSSR count). The summed E-state index contributed by atoms with van der Waals surface area (Å²) in [5.41, 5.74) is 1.28. The molecule has 0 radical (unpaired) electrons. The third kappa shape index (κ3) is 2.34. The molecule has 0 aromatic heterocycles. The van der Waals surface area contributed by atoms with Crippen molar-refractivity contribution in [2.45, 2.75) is 33.1 Å². The van der Waals surface area contributed by atoms with Crippen molar-refractivity contribution < 1.29 is 0 Å². The van der Waals surface area contributed by atoms with Crippen molar-refractivity contribution >= 4 is 6.21 Å². The summed E-state index contributed by atoms with van der Waals surface area (Å²) in [4.78, 5) is 4.31. The Morgan fingerprint density at radius 2 is 2.30 bits per heavy atom. The van der Waals surface area contributed by atoms with Crippen LogP contribution in [0.2, 0.25) is 0 Å². The Morgan fingerprint density at radius 1 is 1.50 bits per heavy atom. The van der Waals surface area contributed by atoms with Crippen LogP contribution in [0.1, 0.15) is 33.1 Å².